The number of thiazole rings is 2. The zero-order valence-electron chi connectivity index (χ0n) is 15.6. The molecule has 0 spiro atoms. The minimum atomic E-state index is -4.39. The van der Waals surface area contributed by atoms with Crippen LogP contribution in [0.3, 0.4) is 0 Å². The van der Waals surface area contributed by atoms with Crippen molar-refractivity contribution in [1.82, 2.24) is 20.6 Å². The van der Waals surface area contributed by atoms with Crippen molar-refractivity contribution in [1.29, 1.82) is 0 Å². The minimum Gasteiger partial charge on any atom is -0.357 e. The van der Waals surface area contributed by atoms with Gasteiger partial charge in [0, 0.05) is 42.7 Å². The lowest BCUT2D eigenvalue weighted by atomic mass is 10.3. The molecule has 0 bridgehead atoms. The minimum absolute atomic E-state index is 0.372. The Morgan fingerprint density at radius 1 is 1.15 bits per heavy atom. The van der Waals surface area contributed by atoms with E-state index in [0.29, 0.717) is 37.0 Å². The highest BCUT2D eigenvalue weighted by molar-refractivity contribution is 7.11. The van der Waals surface area contributed by atoms with E-state index in [9.17, 15) is 13.2 Å². The summed E-state index contributed by atoms with van der Waals surface area (Å²) in [7, 11) is 0. The van der Waals surface area contributed by atoms with E-state index >= 15 is 0 Å². The fourth-order valence-electron chi connectivity index (χ4n) is 2.37. The van der Waals surface area contributed by atoms with Crippen LogP contribution >= 0.6 is 22.7 Å². The molecule has 27 heavy (non-hydrogen) atoms. The van der Waals surface area contributed by atoms with E-state index < -0.39 is 11.9 Å². The van der Waals surface area contributed by atoms with Gasteiger partial charge in [-0.3, -0.25) is 4.99 Å². The van der Waals surface area contributed by atoms with Gasteiger partial charge < -0.3 is 10.6 Å². The van der Waals surface area contributed by atoms with Crippen molar-refractivity contribution in [2.45, 2.75) is 46.2 Å². The van der Waals surface area contributed by atoms with Crippen molar-refractivity contribution in [3.05, 3.63) is 31.7 Å². The highest BCUT2D eigenvalue weighted by Gasteiger charge is 2.33. The second-order valence-electron chi connectivity index (χ2n) is 5.78. The molecule has 5 nitrogen and oxygen atoms in total. The number of nitrogens with one attached hydrogen (secondary N) is 2. The third kappa shape index (κ3) is 6.76. The number of aryl methyl sites for hydroxylation is 2. The van der Waals surface area contributed by atoms with Gasteiger partial charge in [0.2, 0.25) is 0 Å². The molecule has 0 aliphatic rings. The molecule has 0 atom stereocenters. The Morgan fingerprint density at radius 3 is 2.52 bits per heavy atom. The summed E-state index contributed by atoms with van der Waals surface area (Å²) in [6.45, 7) is 7.92. The topological polar surface area (TPSA) is 62.2 Å². The normalized spacial score (nSPS) is 12.4. The van der Waals surface area contributed by atoms with E-state index in [1.807, 2.05) is 6.92 Å². The first-order valence-corrected chi connectivity index (χ1v) is 10.5. The zero-order chi connectivity index (χ0) is 19.9. The molecular formula is C17H24F3N5S2. The molecule has 0 saturated heterocycles. The van der Waals surface area contributed by atoms with E-state index in [2.05, 4.69) is 39.4 Å². The fourth-order valence-corrected chi connectivity index (χ4v) is 4.19. The first kappa shape index (κ1) is 21.6. The molecule has 2 heterocycles. The summed E-state index contributed by atoms with van der Waals surface area (Å²) in [6, 6.07) is 0. The maximum absolute atomic E-state index is 12.6. The molecule has 0 unspecified atom stereocenters. The van der Waals surface area contributed by atoms with Crippen molar-refractivity contribution < 1.29 is 13.2 Å². The van der Waals surface area contributed by atoms with Crippen molar-refractivity contribution in [2.24, 2.45) is 4.99 Å². The van der Waals surface area contributed by atoms with Gasteiger partial charge in [0.15, 0.2) is 11.7 Å². The summed E-state index contributed by atoms with van der Waals surface area (Å²) >= 11 is 2.73. The zero-order valence-corrected chi connectivity index (χ0v) is 17.2. The van der Waals surface area contributed by atoms with Gasteiger partial charge >= 0.3 is 6.18 Å². The average molecular weight is 420 g/mol. The number of halogens is 3. The number of nitrogens with zero attached hydrogens (tertiary/aromatic N) is 3. The SMILES string of the molecule is CCNC(=NCCc1nc(C(F)(F)F)cs1)NCCc1nc(CC)c(C)s1. The van der Waals surface area contributed by atoms with Crippen LogP contribution in [0.2, 0.25) is 0 Å². The van der Waals surface area contributed by atoms with Gasteiger partial charge in [-0.05, 0) is 20.3 Å². The Balaban J connectivity index is 1.83. The second-order valence-corrected chi connectivity index (χ2v) is 8.01. The molecule has 2 aromatic rings. The molecule has 2 aromatic heterocycles. The van der Waals surface area contributed by atoms with Gasteiger partial charge in [0.25, 0.3) is 0 Å². The number of hydrogen-bond acceptors (Lipinski definition) is 5. The lowest BCUT2D eigenvalue weighted by Gasteiger charge is -2.10. The molecular weight excluding hydrogens is 395 g/mol. The third-order valence-electron chi connectivity index (χ3n) is 3.69. The number of hydrogen-bond donors (Lipinski definition) is 2. The number of guanidine groups is 1. The second kappa shape index (κ2) is 10.0. The van der Waals surface area contributed by atoms with Crippen LogP contribution in [0.4, 0.5) is 13.2 Å². The first-order chi connectivity index (χ1) is 12.8. The Kier molecular flexibility index (Phi) is 8.03. The lowest BCUT2D eigenvalue weighted by molar-refractivity contribution is -0.140. The van der Waals surface area contributed by atoms with Gasteiger partial charge in [-0.2, -0.15) is 13.2 Å². The number of aromatic nitrogens is 2. The average Bonchev–Trinajstić information content (AvgIpc) is 3.21. The van der Waals surface area contributed by atoms with Gasteiger partial charge in [0.1, 0.15) is 0 Å². The maximum Gasteiger partial charge on any atom is 0.434 e. The van der Waals surface area contributed by atoms with Gasteiger partial charge in [-0.25, -0.2) is 9.97 Å². The third-order valence-corrected chi connectivity index (χ3v) is 5.67. The predicted octanol–water partition coefficient (Wildman–Crippen LogP) is 3.83. The van der Waals surface area contributed by atoms with E-state index in [1.165, 1.54) is 4.88 Å². The van der Waals surface area contributed by atoms with Crippen molar-refractivity contribution in [3.8, 4) is 0 Å². The summed E-state index contributed by atoms with van der Waals surface area (Å²) < 4.78 is 37.7. The van der Waals surface area contributed by atoms with Crippen LogP contribution in [0, 0.1) is 6.92 Å². The molecule has 2 rings (SSSR count). The first-order valence-electron chi connectivity index (χ1n) is 8.82. The summed E-state index contributed by atoms with van der Waals surface area (Å²) in [5.74, 6) is 0.647. The van der Waals surface area contributed by atoms with Crippen molar-refractivity contribution >= 4 is 28.6 Å². The standard InChI is InChI=1S/C17H24F3N5S2/c1-4-12-11(3)27-15(24-12)7-9-23-16(21-5-2)22-8-6-14-25-13(10-26-14)17(18,19)20/h10H,4-9H2,1-3H3,(H2,21,22,23). The van der Waals surface area contributed by atoms with E-state index in [1.54, 1.807) is 11.3 Å². The Morgan fingerprint density at radius 2 is 1.93 bits per heavy atom. The Labute approximate surface area is 165 Å². The largest absolute Gasteiger partial charge is 0.434 e. The monoisotopic (exact) mass is 419 g/mol. The van der Waals surface area contributed by atoms with Gasteiger partial charge in [-0.15, -0.1) is 22.7 Å². The van der Waals surface area contributed by atoms with Crippen molar-refractivity contribution in [3.63, 3.8) is 0 Å². The molecule has 0 amide bonds. The van der Waals surface area contributed by atoms with Crippen LogP contribution in [-0.4, -0.2) is 35.6 Å². The summed E-state index contributed by atoms with van der Waals surface area (Å²) in [6.07, 6.45) is -2.27. The van der Waals surface area contributed by atoms with Crippen molar-refractivity contribution in [2.75, 3.05) is 19.6 Å². The van der Waals surface area contributed by atoms with Crippen LogP contribution in [-0.2, 0) is 25.4 Å². The summed E-state index contributed by atoms with van der Waals surface area (Å²) in [5.41, 5.74) is 0.318. The van der Waals surface area contributed by atoms with E-state index in [4.69, 9.17) is 0 Å². The van der Waals surface area contributed by atoms with Crippen LogP contribution in [0.15, 0.2) is 10.4 Å². The van der Waals surface area contributed by atoms with E-state index in [0.717, 1.165) is 40.3 Å². The molecule has 0 aliphatic heterocycles. The fraction of sp³-hybridized carbons (Fsp3) is 0.588. The predicted molar refractivity (Wildman–Crippen MR) is 105 cm³/mol. The number of alkyl halides is 3. The molecule has 0 aliphatic carbocycles. The smallest absolute Gasteiger partial charge is 0.357 e. The number of aliphatic imine (C=N–C) groups is 1. The summed E-state index contributed by atoms with van der Waals surface area (Å²) in [4.78, 5) is 13.9. The molecule has 0 aromatic carbocycles. The number of rotatable bonds is 8. The molecule has 150 valence electrons. The highest BCUT2D eigenvalue weighted by Crippen LogP contribution is 2.30. The van der Waals surface area contributed by atoms with Crippen LogP contribution in [0.1, 0.15) is 40.1 Å². The Bertz CT molecular complexity index is 752. The van der Waals surface area contributed by atoms with Crippen LogP contribution in [0.25, 0.3) is 0 Å². The van der Waals surface area contributed by atoms with E-state index in [-0.39, 0.29) is 0 Å². The van der Waals surface area contributed by atoms with Gasteiger partial charge in [0.05, 0.1) is 15.7 Å². The molecule has 10 heteroatoms. The van der Waals surface area contributed by atoms with Crippen LogP contribution < -0.4 is 10.6 Å². The molecule has 0 saturated carbocycles. The Hall–Kier alpha value is -1.68. The van der Waals surface area contributed by atoms with Crippen LogP contribution in [0.5, 0.6) is 0 Å². The maximum atomic E-state index is 12.6. The molecule has 2 N–H and O–H groups in total. The quantitative estimate of drug-likeness (QED) is 0.504. The summed E-state index contributed by atoms with van der Waals surface area (Å²) in [5, 5.41) is 8.95. The lowest BCUT2D eigenvalue weighted by Crippen LogP contribution is -2.38. The highest BCUT2D eigenvalue weighted by atomic mass is 32.1. The van der Waals surface area contributed by atoms with Gasteiger partial charge in [-0.1, -0.05) is 6.92 Å². The molecule has 0 fully saturated rings. The molecule has 0 radical (unpaired) electrons.